The second kappa shape index (κ2) is 4.65. The highest BCUT2D eigenvalue weighted by Gasteiger charge is 1.98. The number of fused-ring (bicyclic) bond motifs is 1. The van der Waals surface area contributed by atoms with Crippen LogP contribution in [-0.2, 0) is 0 Å². The van der Waals surface area contributed by atoms with Gasteiger partial charge in [-0.25, -0.2) is 0 Å². The van der Waals surface area contributed by atoms with Crippen molar-refractivity contribution in [1.29, 1.82) is 0 Å². The summed E-state index contributed by atoms with van der Waals surface area (Å²) in [6, 6.07) is 14.4. The zero-order chi connectivity index (χ0) is 10.5. The van der Waals surface area contributed by atoms with E-state index in [1.807, 2.05) is 43.3 Å². The van der Waals surface area contributed by atoms with E-state index in [2.05, 4.69) is 18.2 Å². The Morgan fingerprint density at radius 1 is 1.07 bits per heavy atom. The lowest BCUT2D eigenvalue weighted by Gasteiger charge is -2.06. The van der Waals surface area contributed by atoms with Crippen LogP contribution in [0.1, 0.15) is 6.92 Å². The summed E-state index contributed by atoms with van der Waals surface area (Å²) in [4.78, 5) is 0. The zero-order valence-corrected chi connectivity index (χ0v) is 8.81. The molecule has 0 N–H and O–H groups in total. The van der Waals surface area contributed by atoms with Crippen molar-refractivity contribution in [2.75, 3.05) is 6.61 Å². The zero-order valence-electron chi connectivity index (χ0n) is 8.81. The molecular weight excluding hydrogens is 184 g/mol. The van der Waals surface area contributed by atoms with E-state index in [1.165, 1.54) is 10.8 Å². The van der Waals surface area contributed by atoms with Crippen molar-refractivity contribution in [3.63, 3.8) is 0 Å². The molecule has 0 unspecified atom stereocenters. The molecule has 0 atom stereocenters. The van der Waals surface area contributed by atoms with E-state index in [4.69, 9.17) is 4.74 Å². The summed E-state index contributed by atoms with van der Waals surface area (Å²) in [5.41, 5.74) is 0. The summed E-state index contributed by atoms with van der Waals surface area (Å²) < 4.78 is 5.67. The molecule has 1 nitrogen and oxygen atoms in total. The number of allylic oxidation sites excluding steroid dienone is 1. The fraction of sp³-hybridized carbons (Fsp3) is 0.143. The Kier molecular flexibility index (Phi) is 3.03. The van der Waals surface area contributed by atoms with Crippen LogP contribution in [0.3, 0.4) is 0 Å². The molecule has 0 aromatic heterocycles. The number of benzene rings is 2. The van der Waals surface area contributed by atoms with Gasteiger partial charge in [0.25, 0.3) is 0 Å². The van der Waals surface area contributed by atoms with Gasteiger partial charge in [-0.3, -0.25) is 0 Å². The van der Waals surface area contributed by atoms with Crippen LogP contribution < -0.4 is 4.74 Å². The standard InChI is InChI=1S/C14H14O/c1-2-3-11-15-14-10-6-8-12-7-4-5-9-13(12)14/h2-10H,11H2,1H3. The van der Waals surface area contributed by atoms with Gasteiger partial charge in [0.15, 0.2) is 0 Å². The minimum Gasteiger partial charge on any atom is -0.489 e. The van der Waals surface area contributed by atoms with Crippen molar-refractivity contribution in [2.24, 2.45) is 0 Å². The maximum Gasteiger partial charge on any atom is 0.127 e. The lowest BCUT2D eigenvalue weighted by molar-refractivity contribution is 0.367. The molecule has 0 saturated heterocycles. The van der Waals surface area contributed by atoms with E-state index in [-0.39, 0.29) is 0 Å². The second-order valence-corrected chi connectivity index (χ2v) is 3.36. The van der Waals surface area contributed by atoms with Gasteiger partial charge in [0.05, 0.1) is 0 Å². The molecule has 0 saturated carbocycles. The van der Waals surface area contributed by atoms with Gasteiger partial charge in [-0.2, -0.15) is 0 Å². The quantitative estimate of drug-likeness (QED) is 0.682. The van der Waals surface area contributed by atoms with Gasteiger partial charge in [0, 0.05) is 5.39 Å². The number of hydrogen-bond donors (Lipinski definition) is 0. The molecule has 0 bridgehead atoms. The van der Waals surface area contributed by atoms with Crippen LogP contribution in [0.2, 0.25) is 0 Å². The summed E-state index contributed by atoms with van der Waals surface area (Å²) in [6.07, 6.45) is 3.99. The molecule has 2 rings (SSSR count). The van der Waals surface area contributed by atoms with Crippen LogP contribution in [0.15, 0.2) is 54.6 Å². The molecule has 2 aromatic rings. The monoisotopic (exact) mass is 198 g/mol. The smallest absolute Gasteiger partial charge is 0.127 e. The van der Waals surface area contributed by atoms with Gasteiger partial charge in [-0.05, 0) is 18.4 Å². The summed E-state index contributed by atoms with van der Waals surface area (Å²) in [5.74, 6) is 0.950. The maximum absolute atomic E-state index is 5.67. The van der Waals surface area contributed by atoms with Crippen LogP contribution >= 0.6 is 0 Å². The largest absolute Gasteiger partial charge is 0.489 e. The first kappa shape index (κ1) is 9.78. The highest BCUT2D eigenvalue weighted by atomic mass is 16.5. The van der Waals surface area contributed by atoms with E-state index in [9.17, 15) is 0 Å². The third kappa shape index (κ3) is 2.18. The molecular formula is C14H14O. The van der Waals surface area contributed by atoms with Gasteiger partial charge < -0.3 is 4.74 Å². The van der Waals surface area contributed by atoms with Crippen LogP contribution in [0.4, 0.5) is 0 Å². The first-order valence-corrected chi connectivity index (χ1v) is 5.13. The number of hydrogen-bond acceptors (Lipinski definition) is 1. The van der Waals surface area contributed by atoms with Crippen LogP contribution in [-0.4, -0.2) is 6.61 Å². The highest BCUT2D eigenvalue weighted by molar-refractivity contribution is 5.88. The van der Waals surface area contributed by atoms with Crippen molar-refractivity contribution in [3.05, 3.63) is 54.6 Å². The summed E-state index contributed by atoms with van der Waals surface area (Å²) in [7, 11) is 0. The SMILES string of the molecule is CC=CCOc1cccc2ccccc12. The van der Waals surface area contributed by atoms with Crippen molar-refractivity contribution in [1.82, 2.24) is 0 Å². The third-order valence-electron chi connectivity index (χ3n) is 2.32. The second-order valence-electron chi connectivity index (χ2n) is 3.36. The number of ether oxygens (including phenoxy) is 1. The Morgan fingerprint density at radius 2 is 1.87 bits per heavy atom. The molecule has 76 valence electrons. The molecule has 0 aliphatic carbocycles. The molecule has 0 aliphatic rings. The normalized spacial score (nSPS) is 11.0. The van der Waals surface area contributed by atoms with Gasteiger partial charge in [-0.15, -0.1) is 0 Å². The van der Waals surface area contributed by atoms with Crippen molar-refractivity contribution >= 4 is 10.8 Å². The van der Waals surface area contributed by atoms with Crippen LogP contribution in [0.25, 0.3) is 10.8 Å². The maximum atomic E-state index is 5.67. The number of rotatable bonds is 3. The molecule has 15 heavy (non-hydrogen) atoms. The Morgan fingerprint density at radius 3 is 2.73 bits per heavy atom. The van der Waals surface area contributed by atoms with Gasteiger partial charge in [0.2, 0.25) is 0 Å². The van der Waals surface area contributed by atoms with E-state index in [0.717, 1.165) is 5.75 Å². The average Bonchev–Trinajstić information content (AvgIpc) is 2.30. The molecule has 0 spiro atoms. The molecule has 0 aliphatic heterocycles. The molecule has 0 heterocycles. The summed E-state index contributed by atoms with van der Waals surface area (Å²) in [6.45, 7) is 2.62. The van der Waals surface area contributed by atoms with Crippen molar-refractivity contribution in [3.8, 4) is 5.75 Å². The molecule has 0 radical (unpaired) electrons. The topological polar surface area (TPSA) is 9.23 Å². The summed E-state index contributed by atoms with van der Waals surface area (Å²) >= 11 is 0. The fourth-order valence-electron chi connectivity index (χ4n) is 1.56. The average molecular weight is 198 g/mol. The Labute approximate surface area is 90.0 Å². The molecule has 0 amide bonds. The third-order valence-corrected chi connectivity index (χ3v) is 2.32. The first-order valence-electron chi connectivity index (χ1n) is 5.13. The Bertz CT molecular complexity index is 466. The van der Waals surface area contributed by atoms with Gasteiger partial charge in [0.1, 0.15) is 12.4 Å². The highest BCUT2D eigenvalue weighted by Crippen LogP contribution is 2.24. The fourth-order valence-corrected chi connectivity index (χ4v) is 1.56. The predicted octanol–water partition coefficient (Wildman–Crippen LogP) is 3.79. The van der Waals surface area contributed by atoms with Crippen LogP contribution in [0, 0.1) is 0 Å². The van der Waals surface area contributed by atoms with Crippen molar-refractivity contribution < 1.29 is 4.74 Å². The molecule has 1 heteroatoms. The van der Waals surface area contributed by atoms with Gasteiger partial charge >= 0.3 is 0 Å². The minimum atomic E-state index is 0.629. The first-order chi connectivity index (χ1) is 7.42. The Balaban J connectivity index is 2.34. The summed E-state index contributed by atoms with van der Waals surface area (Å²) in [5, 5.41) is 2.39. The molecule has 2 aromatic carbocycles. The predicted molar refractivity (Wildman–Crippen MR) is 64.3 cm³/mol. The van der Waals surface area contributed by atoms with Gasteiger partial charge in [-0.1, -0.05) is 48.6 Å². The molecule has 0 fully saturated rings. The van der Waals surface area contributed by atoms with E-state index in [1.54, 1.807) is 0 Å². The Hall–Kier alpha value is -1.76. The minimum absolute atomic E-state index is 0.629. The lowest BCUT2D eigenvalue weighted by Crippen LogP contribution is -1.93. The van der Waals surface area contributed by atoms with Crippen LogP contribution in [0.5, 0.6) is 5.75 Å². The van der Waals surface area contributed by atoms with E-state index < -0.39 is 0 Å². The van der Waals surface area contributed by atoms with E-state index in [0.29, 0.717) is 6.61 Å². The van der Waals surface area contributed by atoms with E-state index >= 15 is 0 Å². The van der Waals surface area contributed by atoms with Crippen molar-refractivity contribution in [2.45, 2.75) is 6.92 Å². The lowest BCUT2D eigenvalue weighted by atomic mass is 10.1.